The number of pyridine rings is 2. The van der Waals surface area contributed by atoms with Crippen LogP contribution in [0.4, 0.5) is 0 Å². The molecule has 0 saturated carbocycles. The monoisotopic (exact) mass is 360 g/mol. The summed E-state index contributed by atoms with van der Waals surface area (Å²) in [5.41, 5.74) is 4.44. The molecular weight excluding hydrogens is 340 g/mol. The van der Waals surface area contributed by atoms with E-state index in [-0.39, 0.29) is 0 Å². The van der Waals surface area contributed by atoms with Crippen molar-refractivity contribution in [3.63, 3.8) is 0 Å². The van der Waals surface area contributed by atoms with Crippen LogP contribution in [-0.4, -0.2) is 9.97 Å². The van der Waals surface area contributed by atoms with Gasteiger partial charge in [0.15, 0.2) is 0 Å². The molecule has 0 aliphatic heterocycles. The van der Waals surface area contributed by atoms with Crippen LogP contribution in [0.1, 0.15) is 11.4 Å². The summed E-state index contributed by atoms with van der Waals surface area (Å²) < 4.78 is 0. The summed E-state index contributed by atoms with van der Waals surface area (Å²) in [6.45, 7) is 0. The van der Waals surface area contributed by atoms with Gasteiger partial charge in [-0.1, -0.05) is 78.9 Å². The predicted octanol–water partition coefficient (Wildman–Crippen LogP) is 6.24. The predicted molar refractivity (Wildman–Crippen MR) is 116 cm³/mol. The van der Waals surface area contributed by atoms with Crippen LogP contribution in [-0.2, 0) is 12.8 Å². The van der Waals surface area contributed by atoms with E-state index >= 15 is 0 Å². The highest BCUT2D eigenvalue weighted by molar-refractivity contribution is 5.88. The molecule has 0 spiro atoms. The van der Waals surface area contributed by atoms with Crippen LogP contribution in [0.2, 0.25) is 0 Å². The molecule has 28 heavy (non-hydrogen) atoms. The molecule has 0 radical (unpaired) electrons. The van der Waals surface area contributed by atoms with E-state index in [4.69, 9.17) is 4.98 Å². The smallest absolute Gasteiger partial charge is 0.0711 e. The first-order chi connectivity index (χ1) is 13.9. The van der Waals surface area contributed by atoms with Crippen molar-refractivity contribution in [3.8, 4) is 11.3 Å². The zero-order valence-electron chi connectivity index (χ0n) is 15.5. The van der Waals surface area contributed by atoms with Crippen molar-refractivity contribution in [3.05, 3.63) is 109 Å². The normalized spacial score (nSPS) is 11.1. The minimum atomic E-state index is 0.863. The summed E-state index contributed by atoms with van der Waals surface area (Å²) in [7, 11) is 0. The lowest BCUT2D eigenvalue weighted by molar-refractivity contribution is 0.901. The molecule has 0 fully saturated rings. The fraction of sp³-hybridized carbons (Fsp3) is 0.0769. The largest absolute Gasteiger partial charge is 0.261 e. The number of aryl methyl sites for hydroxylation is 2. The molecule has 0 aliphatic rings. The first-order valence-electron chi connectivity index (χ1n) is 9.65. The van der Waals surface area contributed by atoms with Crippen molar-refractivity contribution in [1.29, 1.82) is 0 Å². The molecule has 2 heteroatoms. The molecule has 5 rings (SSSR count). The average molecular weight is 360 g/mol. The molecule has 2 nitrogen and oxygen atoms in total. The maximum Gasteiger partial charge on any atom is 0.0711 e. The molecule has 3 aromatic carbocycles. The maximum atomic E-state index is 5.04. The maximum absolute atomic E-state index is 5.04. The second-order valence-corrected chi connectivity index (χ2v) is 7.02. The molecule has 0 atom stereocenters. The van der Waals surface area contributed by atoms with Gasteiger partial charge in [0.2, 0.25) is 0 Å². The molecule has 0 bridgehead atoms. The molecule has 0 N–H and O–H groups in total. The van der Waals surface area contributed by atoms with E-state index in [0.29, 0.717) is 0 Å². The van der Waals surface area contributed by atoms with Crippen LogP contribution >= 0.6 is 0 Å². The number of hydrogen-bond donors (Lipinski definition) is 0. The van der Waals surface area contributed by atoms with Gasteiger partial charge in [0.05, 0.1) is 5.69 Å². The van der Waals surface area contributed by atoms with Gasteiger partial charge < -0.3 is 0 Å². The molecule has 134 valence electrons. The number of nitrogens with zero attached hydrogens (tertiary/aromatic N) is 2. The molecule has 5 aromatic rings. The third-order valence-electron chi connectivity index (χ3n) is 5.24. The van der Waals surface area contributed by atoms with E-state index < -0.39 is 0 Å². The van der Waals surface area contributed by atoms with Gasteiger partial charge in [0, 0.05) is 33.9 Å². The number of aromatic nitrogens is 2. The zero-order valence-corrected chi connectivity index (χ0v) is 15.5. The van der Waals surface area contributed by atoms with Crippen molar-refractivity contribution in [2.75, 3.05) is 0 Å². The van der Waals surface area contributed by atoms with Crippen molar-refractivity contribution < 1.29 is 0 Å². The van der Waals surface area contributed by atoms with E-state index in [0.717, 1.165) is 35.5 Å². The van der Waals surface area contributed by atoms with Crippen molar-refractivity contribution >= 4 is 21.5 Å². The Bertz CT molecular complexity index is 1250. The van der Waals surface area contributed by atoms with E-state index in [9.17, 15) is 0 Å². The lowest BCUT2D eigenvalue weighted by atomic mass is 10.0. The lowest BCUT2D eigenvalue weighted by Gasteiger charge is -2.11. The van der Waals surface area contributed by atoms with E-state index in [1.54, 1.807) is 0 Å². The van der Waals surface area contributed by atoms with Gasteiger partial charge >= 0.3 is 0 Å². The fourth-order valence-electron chi connectivity index (χ4n) is 3.84. The van der Waals surface area contributed by atoms with E-state index in [1.807, 2.05) is 12.3 Å². The number of hydrogen-bond acceptors (Lipinski definition) is 2. The molecular formula is C26H20N2. The Morgan fingerprint density at radius 1 is 0.571 bits per heavy atom. The number of benzene rings is 3. The Kier molecular flexibility index (Phi) is 4.30. The Morgan fingerprint density at radius 2 is 1.21 bits per heavy atom. The third-order valence-corrected chi connectivity index (χ3v) is 5.24. The average Bonchev–Trinajstić information content (AvgIpc) is 2.78. The second kappa shape index (κ2) is 7.24. The van der Waals surface area contributed by atoms with Gasteiger partial charge in [-0.05, 0) is 35.7 Å². The Morgan fingerprint density at radius 3 is 2.04 bits per heavy atom. The lowest BCUT2D eigenvalue weighted by Crippen LogP contribution is -2.00. The standard InChI is InChI=1S/C26H20N2/c1-2-9-20(10-3-1)26-18-21-11-5-7-13-23(21)25(28-26)15-14-24-22-12-6-4-8-19(22)16-17-27-24/h1-13,16-18H,14-15H2. The first-order valence-corrected chi connectivity index (χ1v) is 9.65. The molecule has 0 amide bonds. The van der Waals surface area contributed by atoms with Crippen LogP contribution in [0.15, 0.2) is 97.2 Å². The van der Waals surface area contributed by atoms with Gasteiger partial charge in [0.25, 0.3) is 0 Å². The van der Waals surface area contributed by atoms with Crippen LogP contribution in [0.3, 0.4) is 0 Å². The Hall–Kier alpha value is -3.52. The minimum absolute atomic E-state index is 0.863. The zero-order chi connectivity index (χ0) is 18.8. The Balaban J connectivity index is 1.56. The van der Waals surface area contributed by atoms with Crippen LogP contribution in [0.5, 0.6) is 0 Å². The first kappa shape index (κ1) is 16.6. The topological polar surface area (TPSA) is 25.8 Å². The minimum Gasteiger partial charge on any atom is -0.261 e. The molecule has 0 aliphatic carbocycles. The van der Waals surface area contributed by atoms with E-state index in [2.05, 4.69) is 89.9 Å². The van der Waals surface area contributed by atoms with Crippen LogP contribution < -0.4 is 0 Å². The highest BCUT2D eigenvalue weighted by Gasteiger charge is 2.09. The van der Waals surface area contributed by atoms with Crippen LogP contribution in [0, 0.1) is 0 Å². The summed E-state index contributed by atoms with van der Waals surface area (Å²) in [6, 6.07) is 31.6. The summed E-state index contributed by atoms with van der Waals surface area (Å²) in [6.07, 6.45) is 3.64. The van der Waals surface area contributed by atoms with Crippen molar-refractivity contribution in [2.24, 2.45) is 0 Å². The van der Waals surface area contributed by atoms with Gasteiger partial charge in [-0.15, -0.1) is 0 Å². The molecule has 2 heterocycles. The van der Waals surface area contributed by atoms with Gasteiger partial charge in [-0.2, -0.15) is 0 Å². The Labute approximate surface area is 164 Å². The number of rotatable bonds is 4. The summed E-state index contributed by atoms with van der Waals surface area (Å²) >= 11 is 0. The van der Waals surface area contributed by atoms with Crippen molar-refractivity contribution in [1.82, 2.24) is 9.97 Å². The SMILES string of the molecule is c1ccc(-c2cc3ccccc3c(CCc3nccc4ccccc34)n2)cc1. The highest BCUT2D eigenvalue weighted by Crippen LogP contribution is 2.26. The summed E-state index contributed by atoms with van der Waals surface area (Å²) in [4.78, 5) is 9.69. The fourth-order valence-corrected chi connectivity index (χ4v) is 3.84. The second-order valence-electron chi connectivity index (χ2n) is 7.02. The number of fused-ring (bicyclic) bond motifs is 2. The third kappa shape index (κ3) is 3.14. The van der Waals surface area contributed by atoms with Gasteiger partial charge in [-0.3, -0.25) is 9.97 Å². The molecule has 2 aromatic heterocycles. The quantitative estimate of drug-likeness (QED) is 0.379. The molecule has 0 unspecified atom stereocenters. The highest BCUT2D eigenvalue weighted by atomic mass is 14.7. The van der Waals surface area contributed by atoms with E-state index in [1.165, 1.54) is 21.5 Å². The molecule has 0 saturated heterocycles. The van der Waals surface area contributed by atoms with Gasteiger partial charge in [-0.25, -0.2) is 0 Å². The summed E-state index contributed by atoms with van der Waals surface area (Å²) in [5.74, 6) is 0. The summed E-state index contributed by atoms with van der Waals surface area (Å²) in [5, 5.41) is 4.93. The van der Waals surface area contributed by atoms with Crippen LogP contribution in [0.25, 0.3) is 32.8 Å². The van der Waals surface area contributed by atoms with Gasteiger partial charge in [0.1, 0.15) is 0 Å². The van der Waals surface area contributed by atoms with Crippen molar-refractivity contribution in [2.45, 2.75) is 12.8 Å².